The highest BCUT2D eigenvalue weighted by Gasteiger charge is 2.80. The van der Waals surface area contributed by atoms with E-state index >= 15 is 9.90 Å². The van der Waals surface area contributed by atoms with E-state index in [9.17, 15) is 35.1 Å². The van der Waals surface area contributed by atoms with Crippen LogP contribution in [0.25, 0.3) is 0 Å². The van der Waals surface area contributed by atoms with Crippen molar-refractivity contribution in [3.05, 3.63) is 76.8 Å². The molecule has 2 saturated heterocycles. The number of phenolic OH excluding ortho intramolecular Hbond substituents is 1. The van der Waals surface area contributed by atoms with Crippen LogP contribution < -0.4 is 16.8 Å². The van der Waals surface area contributed by atoms with Crippen LogP contribution in [0.3, 0.4) is 0 Å². The molecule has 12 N–H and O–H groups in total. The Morgan fingerprint density at radius 2 is 1.63 bits per heavy atom. The second-order valence-corrected chi connectivity index (χ2v) is 32.4. The van der Waals surface area contributed by atoms with Gasteiger partial charge in [0, 0.05) is 84.2 Å². The Morgan fingerprint density at radius 3 is 2.39 bits per heavy atom. The first-order chi connectivity index (χ1) is 41.8. The maximum Gasteiger partial charge on any atom is 0.313 e. The number of ketones is 2. The number of allylic oxidation sites excluding steroid dienone is 3. The molecule has 17 heteroatoms. The van der Waals surface area contributed by atoms with Gasteiger partial charge in [-0.25, -0.2) is 0 Å². The van der Waals surface area contributed by atoms with Crippen molar-refractivity contribution in [1.29, 1.82) is 0 Å². The van der Waals surface area contributed by atoms with E-state index in [2.05, 4.69) is 42.1 Å². The number of phenols is 1. The van der Waals surface area contributed by atoms with E-state index in [0.717, 1.165) is 75.3 Å². The third-order valence-electron chi connectivity index (χ3n) is 25.5. The van der Waals surface area contributed by atoms with E-state index in [-0.39, 0.29) is 128 Å². The number of guanidine groups is 1. The quantitative estimate of drug-likeness (QED) is 0.0324. The first kappa shape index (κ1) is 61.6. The van der Waals surface area contributed by atoms with Gasteiger partial charge < -0.3 is 57.1 Å². The number of nitrogens with two attached hydrogens (primary N) is 2. The number of nitrogens with one attached hydrogen (secondary N) is 2. The van der Waals surface area contributed by atoms with E-state index in [0.29, 0.717) is 54.6 Å². The minimum atomic E-state index is -1.86. The largest absolute Gasteiger partial charge is 0.508 e. The van der Waals surface area contributed by atoms with Gasteiger partial charge in [0.2, 0.25) is 0 Å². The lowest BCUT2D eigenvalue weighted by Crippen LogP contribution is -2.73. The Labute approximate surface area is 521 Å². The number of aliphatic hydroxyl groups is 5. The molecule has 11 aliphatic rings. The number of aromatic hydroxyl groups is 1. The predicted molar refractivity (Wildman–Crippen MR) is 337 cm³/mol. The molecule has 2 aromatic rings. The third kappa shape index (κ3) is 10.4. The number of nitrogens with zero attached hydrogens (tertiary/aromatic N) is 1. The number of hydrogen-bond donors (Lipinski definition) is 10. The zero-order valence-electron chi connectivity index (χ0n) is 51.2. The number of aromatic nitrogens is 1. The molecule has 1 spiro atoms. The zero-order valence-corrected chi connectivity index (χ0v) is 52.8. The predicted octanol–water partition coefficient (Wildman–Crippen LogP) is 8.69. The Bertz CT molecular complexity index is 3080. The molecule has 6 saturated carbocycles. The van der Waals surface area contributed by atoms with Gasteiger partial charge in [-0.2, -0.15) is 0 Å². The summed E-state index contributed by atoms with van der Waals surface area (Å²) in [6, 6.07) is 8.93. The Balaban J connectivity index is 1.00. The SMILES string of the molecule is CC1CCC2=CCC3C(C)CC(O)C(C)(O)C4C(CC#CC(C5COC(=O)C5c5cc[nH]c5)CC3C2C1)CC1(O)C2=C3NCC(=O)CC(c5ccc(O)cc5)CSSCC5C(O)C(O)CC(C6CCCCC6)(C2C2CCC(CN=C(N)N)C41C2)C5C3=O. The Kier molecular flexibility index (Phi) is 17.0. The van der Waals surface area contributed by atoms with E-state index in [1.54, 1.807) is 40.6 Å². The molecule has 0 amide bonds. The normalized spacial score (nSPS) is 45.1. The molecule has 1 aromatic carbocycles. The number of carbonyl (C=O) groups is 3. The van der Waals surface area contributed by atoms with Crippen molar-refractivity contribution in [2.24, 2.45) is 116 Å². The van der Waals surface area contributed by atoms with Gasteiger partial charge in [0.15, 0.2) is 17.5 Å². The molecule has 4 bridgehead atoms. The van der Waals surface area contributed by atoms with Gasteiger partial charge in [-0.15, -0.1) is 5.92 Å². The van der Waals surface area contributed by atoms with Crippen molar-refractivity contribution in [2.75, 3.05) is 31.2 Å². The molecule has 87 heavy (non-hydrogen) atoms. The molecule has 15 nitrogen and oxygen atoms in total. The van der Waals surface area contributed by atoms with Crippen molar-refractivity contribution in [3.63, 3.8) is 0 Å². The number of aliphatic imine (C=N–C) groups is 1. The number of carbonyl (C=O) groups excluding carboxylic acids is 3. The molecule has 13 rings (SSSR count). The Hall–Kier alpha value is -4.28. The molecule has 3 heterocycles. The van der Waals surface area contributed by atoms with Crippen molar-refractivity contribution in [1.82, 2.24) is 10.3 Å². The summed E-state index contributed by atoms with van der Waals surface area (Å²) in [4.78, 5) is 53.6. The maximum atomic E-state index is 16.8. The van der Waals surface area contributed by atoms with Gasteiger partial charge in [-0.05, 0) is 190 Å². The number of hydrogen-bond acceptors (Lipinski definition) is 14. The Morgan fingerprint density at radius 1 is 0.851 bits per heavy atom. The third-order valence-corrected chi connectivity index (χ3v) is 28.1. The molecule has 1 aromatic heterocycles. The van der Waals surface area contributed by atoms with Gasteiger partial charge >= 0.3 is 5.97 Å². The molecule has 472 valence electrons. The van der Waals surface area contributed by atoms with Gasteiger partial charge in [0.25, 0.3) is 0 Å². The first-order valence-electron chi connectivity index (χ1n) is 33.3. The standard InChI is InChI=1S/C70H95N5O10S2/c1-37-12-13-40-17-21-50-38(2)25-56(79)67(3,83)64-43(9-7-8-41(27-52(50)51(40)24-37)53-34-85-65(82)57(53)44-22-23-73-31-44)29-70(84)60-58(42-14-18-47(32-75-66(71)72)69(64,70)28-42)68(46-10-5-4-6-11-46)30-55(78)62(80)54-36-87-86-35-45(39-15-19-48(76)20-16-39)26-49(77)33-74-61(60)63(81)59(54)68/h15-17,19-20,22-23,31,37-38,41-43,45-47,50-59,62,64,73-74,76,78-80,83-84H,4-6,9-14,18,21,24-30,32-36H2,1-3H3,(H4,71,72,75). The topological polar surface area (TPSA) is 274 Å². The lowest BCUT2D eigenvalue weighted by molar-refractivity contribution is -0.239. The smallest absolute Gasteiger partial charge is 0.313 e. The van der Waals surface area contributed by atoms with Crippen molar-refractivity contribution < 1.29 is 49.8 Å². The number of benzene rings is 1. The average molecular weight is 1230 g/mol. The van der Waals surface area contributed by atoms with Gasteiger partial charge in [0.05, 0.1) is 54.3 Å². The van der Waals surface area contributed by atoms with Crippen LogP contribution in [0.15, 0.2) is 70.6 Å². The summed E-state index contributed by atoms with van der Waals surface area (Å²) >= 11 is 0. The van der Waals surface area contributed by atoms with Crippen LogP contribution in [-0.2, 0) is 19.1 Å². The van der Waals surface area contributed by atoms with Crippen LogP contribution in [0.2, 0.25) is 0 Å². The number of esters is 1. The highest BCUT2D eigenvalue weighted by Crippen LogP contribution is 2.78. The molecule has 23 unspecified atom stereocenters. The van der Waals surface area contributed by atoms with Crippen LogP contribution in [0.1, 0.15) is 159 Å². The summed E-state index contributed by atoms with van der Waals surface area (Å²) in [5.41, 5.74) is 10.8. The van der Waals surface area contributed by atoms with E-state index in [1.165, 1.54) is 5.57 Å². The summed E-state index contributed by atoms with van der Waals surface area (Å²) < 4.78 is 6.03. The molecule has 9 aliphatic carbocycles. The number of aliphatic hydroxyl groups excluding tert-OH is 3. The van der Waals surface area contributed by atoms with Crippen molar-refractivity contribution in [2.45, 2.75) is 178 Å². The average Bonchev–Trinajstić information content (AvgIpc) is 1.63. The summed E-state index contributed by atoms with van der Waals surface area (Å²) in [5, 5.41) is 81.9. The first-order valence-corrected chi connectivity index (χ1v) is 35.8. The van der Waals surface area contributed by atoms with E-state index < -0.39 is 81.8 Å². The highest BCUT2D eigenvalue weighted by molar-refractivity contribution is 8.76. The summed E-state index contributed by atoms with van der Waals surface area (Å²) in [6.07, 6.45) is 14.8. The van der Waals surface area contributed by atoms with Crippen molar-refractivity contribution >= 4 is 45.1 Å². The highest BCUT2D eigenvalue weighted by atomic mass is 33.1. The summed E-state index contributed by atoms with van der Waals surface area (Å²) in [5.74, 6) is 4.19. The number of fused-ring (bicyclic) bond motifs is 10. The lowest BCUT2D eigenvalue weighted by Gasteiger charge is -2.70. The summed E-state index contributed by atoms with van der Waals surface area (Å²) in [6.45, 7) is 6.57. The van der Waals surface area contributed by atoms with Gasteiger partial charge in [-0.1, -0.05) is 84.4 Å². The molecular weight excluding hydrogens is 1130 g/mol. The fourth-order valence-corrected chi connectivity index (χ4v) is 24.8. The molecule has 23 atom stereocenters. The molecule has 2 aliphatic heterocycles. The van der Waals surface area contributed by atoms with Crippen LogP contribution in [0.5, 0.6) is 5.75 Å². The maximum absolute atomic E-state index is 16.8. The van der Waals surface area contributed by atoms with Gasteiger partial charge in [0.1, 0.15) is 5.75 Å². The second-order valence-electron chi connectivity index (χ2n) is 29.8. The van der Waals surface area contributed by atoms with Crippen LogP contribution in [0.4, 0.5) is 0 Å². The number of aromatic amines is 1. The van der Waals surface area contributed by atoms with E-state index in [1.807, 2.05) is 30.6 Å². The molecular formula is C70H95N5O10S2. The monoisotopic (exact) mass is 1230 g/mol. The minimum Gasteiger partial charge on any atom is -0.508 e. The second kappa shape index (κ2) is 24.1. The van der Waals surface area contributed by atoms with Crippen LogP contribution >= 0.6 is 21.6 Å². The fourth-order valence-electron chi connectivity index (χ4n) is 22.0. The van der Waals surface area contributed by atoms with Gasteiger partial charge in [-0.3, -0.25) is 19.4 Å². The number of rotatable bonds is 6. The number of ether oxygens (including phenoxy) is 1. The van der Waals surface area contributed by atoms with E-state index in [4.69, 9.17) is 21.2 Å². The fraction of sp³-hybridized carbons (Fsp3) is 0.714. The lowest BCUT2D eigenvalue weighted by atomic mass is 9.34. The van der Waals surface area contributed by atoms with Crippen LogP contribution in [-0.4, -0.2) is 120 Å². The summed E-state index contributed by atoms with van der Waals surface area (Å²) in [7, 11) is 3.19. The molecule has 0 radical (unpaired) electrons. The molecule has 8 fully saturated rings. The van der Waals surface area contributed by atoms with Crippen molar-refractivity contribution in [3.8, 4) is 17.6 Å². The number of Topliss-reactive ketones (excluding diaryl/α,β-unsaturated/α-hetero) is 2. The van der Waals surface area contributed by atoms with Crippen LogP contribution in [0, 0.1) is 111 Å². The minimum absolute atomic E-state index is 0.0173. The number of cyclic esters (lactones) is 1. The zero-order chi connectivity index (χ0) is 60.9. The number of H-pyrrole nitrogens is 1.